The van der Waals surface area contributed by atoms with Crippen LogP contribution in [0.5, 0.6) is 5.75 Å². The number of methoxy groups -OCH3 is 2. The molecule has 0 aliphatic carbocycles. The van der Waals surface area contributed by atoms with Crippen LogP contribution in [0.3, 0.4) is 0 Å². The largest absolute Gasteiger partial charge is 0.496 e. The van der Waals surface area contributed by atoms with E-state index in [4.69, 9.17) is 9.47 Å². The molecular formula is C16H25NO3. The van der Waals surface area contributed by atoms with Gasteiger partial charge in [-0.05, 0) is 12.0 Å². The highest BCUT2D eigenvalue weighted by atomic mass is 16.5. The van der Waals surface area contributed by atoms with E-state index < -0.39 is 0 Å². The van der Waals surface area contributed by atoms with Gasteiger partial charge >= 0.3 is 0 Å². The lowest BCUT2D eigenvalue weighted by Gasteiger charge is -2.24. The first-order chi connectivity index (χ1) is 9.58. The van der Waals surface area contributed by atoms with Crippen molar-refractivity contribution in [3.05, 3.63) is 29.8 Å². The van der Waals surface area contributed by atoms with Crippen molar-refractivity contribution in [2.24, 2.45) is 5.92 Å². The monoisotopic (exact) mass is 279 g/mol. The Kier molecular flexibility index (Phi) is 7.09. The molecule has 20 heavy (non-hydrogen) atoms. The van der Waals surface area contributed by atoms with E-state index in [2.05, 4.69) is 13.8 Å². The fourth-order valence-electron chi connectivity index (χ4n) is 2.08. The van der Waals surface area contributed by atoms with Crippen LogP contribution in [0.25, 0.3) is 0 Å². The van der Waals surface area contributed by atoms with Gasteiger partial charge in [0.25, 0.3) is 0 Å². The lowest BCUT2D eigenvalue weighted by Crippen LogP contribution is -2.37. The highest BCUT2D eigenvalue weighted by Gasteiger charge is 2.16. The molecule has 0 aliphatic heterocycles. The fourth-order valence-corrected chi connectivity index (χ4v) is 2.08. The molecule has 112 valence electrons. The molecule has 1 aromatic carbocycles. The van der Waals surface area contributed by atoms with Crippen LogP contribution in [-0.4, -0.2) is 44.7 Å². The molecule has 0 spiro atoms. The van der Waals surface area contributed by atoms with Gasteiger partial charge < -0.3 is 14.4 Å². The van der Waals surface area contributed by atoms with E-state index in [1.807, 2.05) is 29.2 Å². The average Bonchev–Trinajstić information content (AvgIpc) is 2.43. The first-order valence-electron chi connectivity index (χ1n) is 6.97. The standard InChI is InChI=1S/C16H25NO3/c1-13(2)12-17(9-10-19-3)16(18)11-14-7-5-6-8-15(14)20-4/h5-8,13H,9-12H2,1-4H3. The summed E-state index contributed by atoms with van der Waals surface area (Å²) < 4.78 is 10.4. The Morgan fingerprint density at radius 3 is 2.55 bits per heavy atom. The molecule has 0 radical (unpaired) electrons. The second-order valence-corrected chi connectivity index (χ2v) is 5.22. The Balaban J connectivity index is 2.73. The van der Waals surface area contributed by atoms with Crippen LogP contribution < -0.4 is 4.74 Å². The third-order valence-electron chi connectivity index (χ3n) is 3.04. The van der Waals surface area contributed by atoms with Crippen molar-refractivity contribution in [1.29, 1.82) is 0 Å². The van der Waals surface area contributed by atoms with E-state index in [1.54, 1.807) is 14.2 Å². The molecule has 0 bridgehead atoms. The lowest BCUT2D eigenvalue weighted by atomic mass is 10.1. The van der Waals surface area contributed by atoms with Crippen molar-refractivity contribution in [3.8, 4) is 5.75 Å². The van der Waals surface area contributed by atoms with Gasteiger partial charge in [-0.25, -0.2) is 0 Å². The van der Waals surface area contributed by atoms with Crippen molar-refractivity contribution in [1.82, 2.24) is 4.90 Å². The van der Waals surface area contributed by atoms with Gasteiger partial charge in [0.2, 0.25) is 5.91 Å². The van der Waals surface area contributed by atoms with Crippen molar-refractivity contribution >= 4 is 5.91 Å². The zero-order valence-electron chi connectivity index (χ0n) is 12.9. The molecule has 4 nitrogen and oxygen atoms in total. The summed E-state index contributed by atoms with van der Waals surface area (Å²) >= 11 is 0. The van der Waals surface area contributed by atoms with Crippen molar-refractivity contribution in [3.63, 3.8) is 0 Å². The normalized spacial score (nSPS) is 10.7. The summed E-state index contributed by atoms with van der Waals surface area (Å²) in [5.74, 6) is 1.31. The number of nitrogens with zero attached hydrogens (tertiary/aromatic N) is 1. The molecule has 0 fully saturated rings. The van der Waals surface area contributed by atoms with E-state index in [9.17, 15) is 4.79 Å². The van der Waals surface area contributed by atoms with Crippen molar-refractivity contribution in [2.45, 2.75) is 20.3 Å². The van der Waals surface area contributed by atoms with Gasteiger partial charge in [0.1, 0.15) is 5.75 Å². The summed E-state index contributed by atoms with van der Waals surface area (Å²) in [5, 5.41) is 0. The van der Waals surface area contributed by atoms with Crippen LogP contribution in [-0.2, 0) is 16.0 Å². The van der Waals surface area contributed by atoms with Crippen LogP contribution in [0.1, 0.15) is 19.4 Å². The van der Waals surface area contributed by atoms with Gasteiger partial charge in [0.05, 0.1) is 20.1 Å². The average molecular weight is 279 g/mol. The number of carbonyl (C=O) groups is 1. The SMILES string of the molecule is COCCN(CC(C)C)C(=O)Cc1ccccc1OC. The van der Waals surface area contributed by atoms with E-state index in [0.29, 0.717) is 25.5 Å². The van der Waals surface area contributed by atoms with Gasteiger partial charge in [-0.1, -0.05) is 32.0 Å². The highest BCUT2D eigenvalue weighted by molar-refractivity contribution is 5.79. The number of hydrogen-bond donors (Lipinski definition) is 0. The number of carbonyl (C=O) groups excluding carboxylic acids is 1. The summed E-state index contributed by atoms with van der Waals surface area (Å²) in [4.78, 5) is 14.3. The predicted octanol–water partition coefficient (Wildman–Crippen LogP) is 2.37. The minimum Gasteiger partial charge on any atom is -0.496 e. The van der Waals surface area contributed by atoms with Crippen molar-refractivity contribution < 1.29 is 14.3 Å². The van der Waals surface area contributed by atoms with Crippen LogP contribution in [0.15, 0.2) is 24.3 Å². The molecule has 0 atom stereocenters. The Morgan fingerprint density at radius 2 is 1.95 bits per heavy atom. The van der Waals surface area contributed by atoms with E-state index in [1.165, 1.54) is 0 Å². The predicted molar refractivity (Wildman–Crippen MR) is 80.0 cm³/mol. The molecular weight excluding hydrogens is 254 g/mol. The topological polar surface area (TPSA) is 38.8 Å². The maximum atomic E-state index is 12.4. The molecule has 4 heteroatoms. The minimum atomic E-state index is 0.111. The van der Waals surface area contributed by atoms with Gasteiger partial charge in [0, 0.05) is 25.8 Å². The van der Waals surface area contributed by atoms with E-state index in [0.717, 1.165) is 17.9 Å². The third-order valence-corrected chi connectivity index (χ3v) is 3.04. The minimum absolute atomic E-state index is 0.111. The maximum Gasteiger partial charge on any atom is 0.227 e. The number of ether oxygens (including phenoxy) is 2. The van der Waals surface area contributed by atoms with Gasteiger partial charge in [-0.2, -0.15) is 0 Å². The Labute approximate surface area is 121 Å². The highest BCUT2D eigenvalue weighted by Crippen LogP contribution is 2.18. The smallest absolute Gasteiger partial charge is 0.227 e. The molecule has 1 rings (SSSR count). The van der Waals surface area contributed by atoms with Gasteiger partial charge in [-0.15, -0.1) is 0 Å². The quantitative estimate of drug-likeness (QED) is 0.733. The van der Waals surface area contributed by atoms with Gasteiger partial charge in [0.15, 0.2) is 0 Å². The van der Waals surface area contributed by atoms with E-state index >= 15 is 0 Å². The molecule has 0 N–H and O–H groups in total. The summed E-state index contributed by atoms with van der Waals surface area (Å²) in [5.41, 5.74) is 0.922. The molecule has 0 aromatic heterocycles. The first-order valence-corrected chi connectivity index (χ1v) is 6.97. The second-order valence-electron chi connectivity index (χ2n) is 5.22. The summed E-state index contributed by atoms with van der Waals surface area (Å²) in [6, 6.07) is 7.64. The second kappa shape index (κ2) is 8.59. The summed E-state index contributed by atoms with van der Waals surface area (Å²) in [6.45, 7) is 6.15. The number of hydrogen-bond acceptors (Lipinski definition) is 3. The van der Waals surface area contributed by atoms with Crippen molar-refractivity contribution in [2.75, 3.05) is 33.9 Å². The molecule has 0 saturated carbocycles. The Morgan fingerprint density at radius 1 is 1.25 bits per heavy atom. The molecule has 0 unspecified atom stereocenters. The molecule has 0 heterocycles. The van der Waals surface area contributed by atoms with Crippen LogP contribution in [0.4, 0.5) is 0 Å². The zero-order chi connectivity index (χ0) is 15.0. The number of amides is 1. The lowest BCUT2D eigenvalue weighted by molar-refractivity contribution is -0.131. The fraction of sp³-hybridized carbons (Fsp3) is 0.562. The Bertz CT molecular complexity index is 418. The third kappa shape index (κ3) is 5.21. The van der Waals surface area contributed by atoms with Crippen LogP contribution in [0, 0.1) is 5.92 Å². The van der Waals surface area contributed by atoms with Gasteiger partial charge in [-0.3, -0.25) is 4.79 Å². The maximum absolute atomic E-state index is 12.4. The number of rotatable bonds is 8. The molecule has 1 amide bonds. The summed E-state index contributed by atoms with van der Waals surface area (Å²) in [7, 11) is 3.28. The number of benzene rings is 1. The van der Waals surface area contributed by atoms with Crippen LogP contribution in [0.2, 0.25) is 0 Å². The molecule has 0 saturated heterocycles. The first kappa shape index (κ1) is 16.5. The molecule has 0 aliphatic rings. The molecule has 1 aromatic rings. The summed E-state index contributed by atoms with van der Waals surface area (Å²) in [6.07, 6.45) is 0.362. The zero-order valence-corrected chi connectivity index (χ0v) is 12.9. The van der Waals surface area contributed by atoms with E-state index in [-0.39, 0.29) is 5.91 Å². The number of para-hydroxylation sites is 1. The van der Waals surface area contributed by atoms with Crippen LogP contribution >= 0.6 is 0 Å². The Hall–Kier alpha value is -1.55.